The van der Waals surface area contributed by atoms with Crippen molar-refractivity contribution in [2.24, 2.45) is 11.7 Å². The van der Waals surface area contributed by atoms with Crippen LogP contribution in [0.5, 0.6) is 0 Å². The lowest BCUT2D eigenvalue weighted by molar-refractivity contribution is -0.130. The summed E-state index contributed by atoms with van der Waals surface area (Å²) in [4.78, 5) is 42.4. The molecule has 2 atom stereocenters. The number of anilines is 1. The van der Waals surface area contributed by atoms with Crippen molar-refractivity contribution >= 4 is 34.5 Å². The van der Waals surface area contributed by atoms with E-state index in [2.05, 4.69) is 10.3 Å². The van der Waals surface area contributed by atoms with Gasteiger partial charge in [-0.1, -0.05) is 12.8 Å². The Bertz CT molecular complexity index is 938. The summed E-state index contributed by atoms with van der Waals surface area (Å²) in [5.41, 5.74) is 5.94. The average molecular weight is 398 g/mol. The highest BCUT2D eigenvalue weighted by Crippen LogP contribution is 2.33. The van der Waals surface area contributed by atoms with E-state index in [0.717, 1.165) is 45.1 Å². The molecule has 29 heavy (non-hydrogen) atoms. The van der Waals surface area contributed by atoms with Crippen LogP contribution in [0.25, 0.3) is 11.1 Å². The number of carbonyl (C=O) groups excluding carboxylic acids is 3. The maximum atomic E-state index is 12.6. The lowest BCUT2D eigenvalue weighted by Crippen LogP contribution is -2.39. The first-order valence-electron chi connectivity index (χ1n) is 10.3. The number of aromatic nitrogens is 1. The number of nitrogens with one attached hydrogen (secondary N) is 1. The highest BCUT2D eigenvalue weighted by Gasteiger charge is 2.32. The van der Waals surface area contributed by atoms with Crippen LogP contribution in [0.1, 0.15) is 61.9 Å². The van der Waals surface area contributed by atoms with E-state index in [1.165, 1.54) is 0 Å². The Morgan fingerprint density at radius 2 is 2.17 bits per heavy atom. The van der Waals surface area contributed by atoms with E-state index in [9.17, 15) is 14.4 Å². The van der Waals surface area contributed by atoms with Crippen molar-refractivity contribution in [1.82, 2.24) is 9.88 Å². The van der Waals surface area contributed by atoms with Gasteiger partial charge < -0.3 is 20.4 Å². The largest absolute Gasteiger partial charge is 0.430 e. The molecule has 0 aromatic carbocycles. The lowest BCUT2D eigenvalue weighted by Gasteiger charge is -2.35. The maximum Gasteiger partial charge on any atom is 0.286 e. The van der Waals surface area contributed by atoms with Gasteiger partial charge in [-0.3, -0.25) is 14.4 Å². The first kappa shape index (κ1) is 19.4. The van der Waals surface area contributed by atoms with Gasteiger partial charge in [-0.25, -0.2) is 4.98 Å². The summed E-state index contributed by atoms with van der Waals surface area (Å²) in [5, 5.41) is 3.35. The van der Waals surface area contributed by atoms with Crippen molar-refractivity contribution in [3.05, 3.63) is 24.1 Å². The number of pyridine rings is 1. The number of hydrogen-bond acceptors (Lipinski definition) is 5. The van der Waals surface area contributed by atoms with Gasteiger partial charge in [-0.05, 0) is 43.7 Å². The van der Waals surface area contributed by atoms with Crippen molar-refractivity contribution in [1.29, 1.82) is 0 Å². The molecule has 3 amide bonds. The molecular weight excluding hydrogens is 372 g/mol. The quantitative estimate of drug-likeness (QED) is 0.775. The fourth-order valence-corrected chi connectivity index (χ4v) is 4.63. The summed E-state index contributed by atoms with van der Waals surface area (Å²) in [7, 11) is 0. The van der Waals surface area contributed by atoms with E-state index in [4.69, 9.17) is 10.2 Å². The summed E-state index contributed by atoms with van der Waals surface area (Å²) in [6.07, 6.45) is 8.46. The van der Waals surface area contributed by atoms with Gasteiger partial charge in [0.05, 0.1) is 5.39 Å². The summed E-state index contributed by atoms with van der Waals surface area (Å²) in [6, 6.07) is 3.75. The van der Waals surface area contributed by atoms with E-state index in [1.807, 2.05) is 4.90 Å². The molecule has 4 rings (SSSR count). The summed E-state index contributed by atoms with van der Waals surface area (Å²) < 4.78 is 5.40. The van der Waals surface area contributed by atoms with Crippen molar-refractivity contribution in [2.45, 2.75) is 57.4 Å². The number of nitrogens with zero attached hydrogens (tertiary/aromatic N) is 2. The smallest absolute Gasteiger partial charge is 0.286 e. The molecule has 1 aliphatic carbocycles. The number of rotatable bonds is 6. The third-order valence-corrected chi connectivity index (χ3v) is 6.04. The van der Waals surface area contributed by atoms with E-state index in [1.54, 1.807) is 18.3 Å². The van der Waals surface area contributed by atoms with Crippen LogP contribution in [0.2, 0.25) is 0 Å². The van der Waals surface area contributed by atoms with Gasteiger partial charge in [0.25, 0.3) is 5.91 Å². The second kappa shape index (κ2) is 8.23. The Morgan fingerprint density at radius 3 is 2.93 bits per heavy atom. The molecule has 0 radical (unpaired) electrons. The summed E-state index contributed by atoms with van der Waals surface area (Å²) >= 11 is 0. The second-order valence-electron chi connectivity index (χ2n) is 7.99. The highest BCUT2D eigenvalue weighted by atomic mass is 16.4. The van der Waals surface area contributed by atoms with Crippen LogP contribution < -0.4 is 11.1 Å². The van der Waals surface area contributed by atoms with Gasteiger partial charge in [0.1, 0.15) is 5.69 Å². The molecule has 3 N–H and O–H groups in total. The summed E-state index contributed by atoms with van der Waals surface area (Å²) in [6.45, 7) is 0.869. The number of hydrogen-bond donors (Lipinski definition) is 2. The standard InChI is InChI=1S/C21H26N4O4/c22-20(28)19-18(15-6-2-10-23-21(15)29-19)24-16(26)9-8-13-4-1-5-14(12-13)25-11-3-7-17(25)27/h2,6,10,13-14H,1,3-5,7-9,11-12H2,(H2,22,28)(H,24,26)/t13?,14-/m0/s1. The van der Waals surface area contributed by atoms with Gasteiger partial charge in [0, 0.05) is 31.6 Å². The SMILES string of the molecule is NC(=O)c1oc2ncccc2c1NC(=O)CCC1CCC[C@H](N2CCCC2=O)C1. The minimum Gasteiger partial charge on any atom is -0.430 e. The predicted molar refractivity (Wildman–Crippen MR) is 107 cm³/mol. The lowest BCUT2D eigenvalue weighted by atomic mass is 9.82. The third-order valence-electron chi connectivity index (χ3n) is 6.04. The van der Waals surface area contributed by atoms with Crippen molar-refractivity contribution < 1.29 is 18.8 Å². The molecule has 2 aromatic rings. The number of amides is 3. The molecule has 154 valence electrons. The van der Waals surface area contributed by atoms with Crippen molar-refractivity contribution in [3.8, 4) is 0 Å². The normalized spacial score (nSPS) is 22.2. The predicted octanol–water partition coefficient (Wildman–Crippen LogP) is 2.83. The Balaban J connectivity index is 1.37. The molecule has 8 nitrogen and oxygen atoms in total. The summed E-state index contributed by atoms with van der Waals surface area (Å²) in [5.74, 6) is -0.321. The third kappa shape index (κ3) is 4.11. The monoisotopic (exact) mass is 398 g/mol. The van der Waals surface area contributed by atoms with Crippen molar-refractivity contribution in [2.75, 3.05) is 11.9 Å². The molecule has 0 bridgehead atoms. The number of carbonyl (C=O) groups is 3. The first-order chi connectivity index (χ1) is 14.0. The number of fused-ring (bicyclic) bond motifs is 1. The molecule has 2 fully saturated rings. The topological polar surface area (TPSA) is 119 Å². The van der Waals surface area contributed by atoms with E-state index in [0.29, 0.717) is 30.2 Å². The maximum absolute atomic E-state index is 12.6. The zero-order valence-corrected chi connectivity index (χ0v) is 16.4. The number of primary amides is 1. The fourth-order valence-electron chi connectivity index (χ4n) is 4.63. The molecule has 1 saturated carbocycles. The van der Waals surface area contributed by atoms with Gasteiger partial charge in [0.15, 0.2) is 0 Å². The van der Waals surface area contributed by atoms with Crippen LogP contribution in [-0.2, 0) is 9.59 Å². The van der Waals surface area contributed by atoms with E-state index >= 15 is 0 Å². The molecule has 2 aliphatic rings. The number of furan rings is 1. The molecular formula is C21H26N4O4. The Morgan fingerprint density at radius 1 is 1.31 bits per heavy atom. The van der Waals surface area contributed by atoms with Gasteiger partial charge in [-0.2, -0.15) is 0 Å². The zero-order chi connectivity index (χ0) is 20.4. The number of likely N-dealkylation sites (tertiary alicyclic amines) is 1. The van der Waals surface area contributed by atoms with Crippen LogP contribution in [0.15, 0.2) is 22.7 Å². The molecule has 1 aliphatic heterocycles. The second-order valence-corrected chi connectivity index (χ2v) is 7.99. The molecule has 3 heterocycles. The van der Waals surface area contributed by atoms with Crippen molar-refractivity contribution in [3.63, 3.8) is 0 Å². The van der Waals surface area contributed by atoms with Crippen LogP contribution in [0.4, 0.5) is 5.69 Å². The first-order valence-corrected chi connectivity index (χ1v) is 10.3. The Hall–Kier alpha value is -2.90. The average Bonchev–Trinajstić information content (AvgIpc) is 3.31. The molecule has 8 heteroatoms. The van der Waals surface area contributed by atoms with Crippen LogP contribution >= 0.6 is 0 Å². The van der Waals surface area contributed by atoms with Crippen LogP contribution in [-0.4, -0.2) is 40.2 Å². The van der Waals surface area contributed by atoms with Crippen LogP contribution in [0.3, 0.4) is 0 Å². The van der Waals surface area contributed by atoms with Gasteiger partial charge >= 0.3 is 0 Å². The molecule has 0 spiro atoms. The highest BCUT2D eigenvalue weighted by molar-refractivity contribution is 6.09. The number of nitrogens with two attached hydrogens (primary N) is 1. The van der Waals surface area contributed by atoms with Gasteiger partial charge in [-0.15, -0.1) is 0 Å². The Labute approximate surface area is 168 Å². The minimum absolute atomic E-state index is 0.0858. The minimum atomic E-state index is -0.747. The molecule has 1 saturated heterocycles. The van der Waals surface area contributed by atoms with E-state index < -0.39 is 5.91 Å². The zero-order valence-electron chi connectivity index (χ0n) is 16.4. The van der Waals surface area contributed by atoms with Crippen LogP contribution in [0, 0.1) is 5.92 Å². The fraction of sp³-hybridized carbons (Fsp3) is 0.524. The van der Waals surface area contributed by atoms with E-state index in [-0.39, 0.29) is 29.0 Å². The molecule has 1 unspecified atom stereocenters. The van der Waals surface area contributed by atoms with Gasteiger partial charge in [0.2, 0.25) is 23.3 Å². The Kier molecular flexibility index (Phi) is 5.51. The molecule has 2 aromatic heterocycles.